The highest BCUT2D eigenvalue weighted by Crippen LogP contribution is 2.31. The largest absolute Gasteiger partial charge is 0.279 e. The van der Waals surface area contributed by atoms with Crippen LogP contribution in [0.25, 0.3) is 10.2 Å². The fourth-order valence-electron chi connectivity index (χ4n) is 4.22. The highest BCUT2D eigenvalue weighted by Gasteiger charge is 2.26. The van der Waals surface area contributed by atoms with E-state index in [9.17, 15) is 17.6 Å². The zero-order chi connectivity index (χ0) is 27.4. The van der Waals surface area contributed by atoms with Crippen LogP contribution in [0.5, 0.6) is 0 Å². The summed E-state index contributed by atoms with van der Waals surface area (Å²) in [4.78, 5) is 20.0. The van der Waals surface area contributed by atoms with Crippen LogP contribution in [0.15, 0.2) is 108 Å². The van der Waals surface area contributed by atoms with Crippen molar-refractivity contribution in [2.75, 3.05) is 11.4 Å². The molecule has 198 valence electrons. The van der Waals surface area contributed by atoms with Gasteiger partial charge in [-0.2, -0.15) is 4.31 Å². The summed E-state index contributed by atoms with van der Waals surface area (Å²) in [5.74, 6) is -0.706. The van der Waals surface area contributed by atoms with Gasteiger partial charge in [0.2, 0.25) is 10.0 Å². The monoisotopic (exact) mass is 559 g/mol. The molecule has 0 aliphatic carbocycles. The molecule has 5 aromatic rings. The first-order valence-corrected chi connectivity index (χ1v) is 14.7. The molecule has 1 heterocycles. The maximum Gasteiger partial charge on any atom is 0.260 e. The van der Waals surface area contributed by atoms with Gasteiger partial charge in [0.15, 0.2) is 5.13 Å². The Hall–Kier alpha value is -3.92. The van der Waals surface area contributed by atoms with E-state index in [0.717, 1.165) is 11.1 Å². The molecule has 4 aromatic carbocycles. The maximum atomic E-state index is 13.8. The summed E-state index contributed by atoms with van der Waals surface area (Å²) in [6.45, 7) is 2.61. The summed E-state index contributed by atoms with van der Waals surface area (Å²) in [6, 6.07) is 29.2. The van der Waals surface area contributed by atoms with Gasteiger partial charge in [0.05, 0.1) is 21.7 Å². The van der Waals surface area contributed by atoms with Gasteiger partial charge in [0.1, 0.15) is 5.82 Å². The van der Waals surface area contributed by atoms with Crippen LogP contribution in [0.3, 0.4) is 0 Å². The number of aromatic nitrogens is 1. The Morgan fingerprint density at radius 2 is 1.46 bits per heavy atom. The van der Waals surface area contributed by atoms with Crippen molar-refractivity contribution in [3.63, 3.8) is 0 Å². The van der Waals surface area contributed by atoms with Crippen LogP contribution < -0.4 is 4.90 Å². The number of halogens is 1. The molecular formula is C30H26FN3O3S2. The predicted octanol–water partition coefficient (Wildman–Crippen LogP) is 6.49. The molecule has 0 aliphatic heterocycles. The lowest BCUT2D eigenvalue weighted by Crippen LogP contribution is -2.31. The first-order valence-electron chi connectivity index (χ1n) is 12.4. The summed E-state index contributed by atoms with van der Waals surface area (Å²) >= 11 is 1.23. The molecule has 0 saturated heterocycles. The molecule has 0 bridgehead atoms. The van der Waals surface area contributed by atoms with Gasteiger partial charge in [-0.05, 0) is 53.6 Å². The van der Waals surface area contributed by atoms with E-state index in [1.54, 1.807) is 13.0 Å². The second-order valence-corrected chi connectivity index (χ2v) is 11.9. The Morgan fingerprint density at radius 3 is 2.08 bits per heavy atom. The van der Waals surface area contributed by atoms with E-state index in [2.05, 4.69) is 4.98 Å². The Kier molecular flexibility index (Phi) is 7.83. The molecule has 0 radical (unpaired) electrons. The second kappa shape index (κ2) is 11.4. The number of hydrogen-bond donors (Lipinski definition) is 0. The number of nitrogens with zero attached hydrogens (tertiary/aromatic N) is 3. The van der Waals surface area contributed by atoms with Crippen LogP contribution in [0.4, 0.5) is 9.52 Å². The van der Waals surface area contributed by atoms with E-state index in [1.165, 1.54) is 56.9 Å². The van der Waals surface area contributed by atoms with Crippen LogP contribution in [0.2, 0.25) is 0 Å². The van der Waals surface area contributed by atoms with Gasteiger partial charge >= 0.3 is 0 Å². The molecule has 0 spiro atoms. The number of fused-ring (bicyclic) bond motifs is 1. The highest BCUT2D eigenvalue weighted by molar-refractivity contribution is 7.89. The SMILES string of the molecule is CCN(Cc1ccccc1)S(=O)(=O)c1ccc(C(=O)N(Cc2ccccc2)c2nc3ccc(F)cc3s2)cc1. The molecule has 1 aromatic heterocycles. The summed E-state index contributed by atoms with van der Waals surface area (Å²) in [5, 5.41) is 0.432. The Bertz CT molecular complexity index is 1690. The van der Waals surface area contributed by atoms with Crippen LogP contribution in [0, 0.1) is 5.82 Å². The lowest BCUT2D eigenvalue weighted by Gasteiger charge is -2.22. The van der Waals surface area contributed by atoms with Crippen LogP contribution in [-0.2, 0) is 23.1 Å². The number of carbonyl (C=O) groups is 1. The molecule has 39 heavy (non-hydrogen) atoms. The lowest BCUT2D eigenvalue weighted by molar-refractivity contribution is 0.0985. The third kappa shape index (κ3) is 5.90. The van der Waals surface area contributed by atoms with Gasteiger partial charge in [-0.25, -0.2) is 17.8 Å². The fraction of sp³-hybridized carbons (Fsp3) is 0.133. The average molecular weight is 560 g/mol. The molecule has 1 amide bonds. The Morgan fingerprint density at radius 1 is 0.846 bits per heavy atom. The predicted molar refractivity (Wildman–Crippen MR) is 153 cm³/mol. The molecular weight excluding hydrogens is 533 g/mol. The summed E-state index contributed by atoms with van der Waals surface area (Å²) in [7, 11) is -3.77. The van der Waals surface area contributed by atoms with E-state index in [4.69, 9.17) is 0 Å². The number of thiazole rings is 1. The van der Waals surface area contributed by atoms with Crippen LogP contribution in [-0.4, -0.2) is 30.2 Å². The van der Waals surface area contributed by atoms with Crippen molar-refractivity contribution < 1.29 is 17.6 Å². The van der Waals surface area contributed by atoms with Crippen LogP contribution in [0.1, 0.15) is 28.4 Å². The number of amides is 1. The number of hydrogen-bond acceptors (Lipinski definition) is 5. The van der Waals surface area contributed by atoms with Gasteiger partial charge in [0, 0.05) is 18.7 Å². The molecule has 0 N–H and O–H groups in total. The minimum absolute atomic E-state index is 0.113. The molecule has 0 atom stereocenters. The van der Waals surface area contributed by atoms with E-state index in [1.807, 2.05) is 60.7 Å². The van der Waals surface area contributed by atoms with Gasteiger partial charge in [-0.1, -0.05) is 78.9 Å². The molecule has 0 aliphatic rings. The third-order valence-electron chi connectivity index (χ3n) is 6.29. The number of sulfonamides is 1. The summed E-state index contributed by atoms with van der Waals surface area (Å²) in [6.07, 6.45) is 0. The second-order valence-electron chi connectivity index (χ2n) is 8.93. The van der Waals surface area contributed by atoms with Gasteiger partial charge in [-0.3, -0.25) is 9.69 Å². The third-order valence-corrected chi connectivity index (χ3v) is 9.27. The van der Waals surface area contributed by atoms with Crippen molar-refractivity contribution in [2.24, 2.45) is 0 Å². The number of anilines is 1. The molecule has 0 fully saturated rings. The maximum absolute atomic E-state index is 13.8. The minimum Gasteiger partial charge on any atom is -0.279 e. The molecule has 0 saturated carbocycles. The highest BCUT2D eigenvalue weighted by atomic mass is 32.2. The lowest BCUT2D eigenvalue weighted by atomic mass is 10.1. The quantitative estimate of drug-likeness (QED) is 0.207. The molecule has 6 nitrogen and oxygen atoms in total. The van der Waals surface area contributed by atoms with Crippen molar-refractivity contribution >= 4 is 42.6 Å². The van der Waals surface area contributed by atoms with E-state index in [-0.39, 0.29) is 29.7 Å². The van der Waals surface area contributed by atoms with Gasteiger partial charge < -0.3 is 0 Å². The molecule has 5 rings (SSSR count). The van der Waals surface area contributed by atoms with Crippen molar-refractivity contribution in [2.45, 2.75) is 24.9 Å². The van der Waals surface area contributed by atoms with E-state index < -0.39 is 10.0 Å². The summed E-state index contributed by atoms with van der Waals surface area (Å²) < 4.78 is 42.6. The topological polar surface area (TPSA) is 70.6 Å². The minimum atomic E-state index is -3.77. The van der Waals surface area contributed by atoms with Crippen molar-refractivity contribution in [3.8, 4) is 0 Å². The smallest absolute Gasteiger partial charge is 0.260 e. The Balaban J connectivity index is 1.44. The fourth-order valence-corrected chi connectivity index (χ4v) is 6.65. The number of carbonyl (C=O) groups excluding carboxylic acids is 1. The molecule has 9 heteroatoms. The number of benzene rings is 4. The van der Waals surface area contributed by atoms with Crippen molar-refractivity contribution in [3.05, 3.63) is 126 Å². The zero-order valence-electron chi connectivity index (χ0n) is 21.2. The van der Waals surface area contributed by atoms with Crippen molar-refractivity contribution in [1.82, 2.24) is 9.29 Å². The van der Waals surface area contributed by atoms with Gasteiger partial charge in [0.25, 0.3) is 5.91 Å². The first kappa shape index (κ1) is 26.7. The summed E-state index contributed by atoms with van der Waals surface area (Å²) in [5.41, 5.74) is 2.71. The molecule has 0 unspecified atom stereocenters. The Labute approximate surface area is 231 Å². The van der Waals surface area contributed by atoms with Gasteiger partial charge in [-0.15, -0.1) is 0 Å². The normalized spacial score (nSPS) is 11.7. The van der Waals surface area contributed by atoms with E-state index >= 15 is 0 Å². The van der Waals surface area contributed by atoms with Crippen molar-refractivity contribution in [1.29, 1.82) is 0 Å². The first-order chi connectivity index (χ1) is 18.8. The average Bonchev–Trinajstić information content (AvgIpc) is 3.38. The zero-order valence-corrected chi connectivity index (χ0v) is 22.8. The van der Waals surface area contributed by atoms with Crippen LogP contribution >= 0.6 is 11.3 Å². The van der Waals surface area contributed by atoms with E-state index in [0.29, 0.717) is 27.5 Å². The number of rotatable bonds is 9. The standard InChI is InChI=1S/C30H26FN3O3S2/c1-2-33(20-22-9-5-3-6-10-22)39(36,37)26-16-13-24(14-17-26)29(35)34(21-23-11-7-4-8-12-23)30-32-27-18-15-25(31)19-28(27)38-30/h3-19H,2,20-21H2,1H3.